The van der Waals surface area contributed by atoms with E-state index in [2.05, 4.69) is 22.2 Å². The Morgan fingerprint density at radius 2 is 1.96 bits per heavy atom. The van der Waals surface area contributed by atoms with Crippen LogP contribution in [0.5, 0.6) is 5.75 Å². The van der Waals surface area contributed by atoms with Gasteiger partial charge < -0.3 is 15.0 Å². The molecule has 1 atom stereocenters. The van der Waals surface area contributed by atoms with Crippen LogP contribution in [0.3, 0.4) is 0 Å². The van der Waals surface area contributed by atoms with Crippen LogP contribution >= 0.6 is 0 Å². The number of rotatable bonds is 5. The quantitative estimate of drug-likeness (QED) is 0.746. The highest BCUT2D eigenvalue weighted by Crippen LogP contribution is 2.36. The topological polar surface area (TPSA) is 67.3 Å². The number of carbonyl (C=O) groups is 1. The van der Waals surface area contributed by atoms with Crippen LogP contribution < -0.4 is 10.1 Å². The summed E-state index contributed by atoms with van der Waals surface area (Å²) in [5.41, 5.74) is 3.75. The Balaban J connectivity index is 1.55. The molecule has 1 aliphatic heterocycles. The van der Waals surface area contributed by atoms with E-state index in [1.54, 1.807) is 19.4 Å². The molecule has 0 aliphatic carbocycles. The van der Waals surface area contributed by atoms with Crippen molar-refractivity contribution >= 4 is 17.4 Å². The molecule has 2 heterocycles. The summed E-state index contributed by atoms with van der Waals surface area (Å²) in [6.07, 6.45) is 3.18. The normalized spacial score (nSPS) is 15.6. The first kappa shape index (κ1) is 17.0. The van der Waals surface area contributed by atoms with Gasteiger partial charge in [-0.1, -0.05) is 12.1 Å². The van der Waals surface area contributed by atoms with Gasteiger partial charge >= 0.3 is 0 Å². The van der Waals surface area contributed by atoms with Gasteiger partial charge in [0.1, 0.15) is 17.9 Å². The van der Waals surface area contributed by atoms with Gasteiger partial charge in [0.2, 0.25) is 0 Å². The van der Waals surface area contributed by atoms with Crippen LogP contribution in [0.2, 0.25) is 0 Å². The molecular formula is C21H20N4O2. The molecule has 1 aromatic heterocycles. The minimum atomic E-state index is 0.00162. The van der Waals surface area contributed by atoms with Gasteiger partial charge in [-0.05, 0) is 54.4 Å². The molecular weight excluding hydrogens is 340 g/mol. The number of methoxy groups -OCH3 is 1. The van der Waals surface area contributed by atoms with Gasteiger partial charge in [0.25, 0.3) is 5.91 Å². The van der Waals surface area contributed by atoms with E-state index < -0.39 is 0 Å². The predicted molar refractivity (Wildman–Crippen MR) is 103 cm³/mol. The second-order valence-corrected chi connectivity index (χ2v) is 6.48. The Morgan fingerprint density at radius 1 is 1.15 bits per heavy atom. The van der Waals surface area contributed by atoms with Crippen LogP contribution in [0.15, 0.2) is 61.1 Å². The average Bonchev–Trinajstić information content (AvgIpc) is 2.94. The van der Waals surface area contributed by atoms with Crippen molar-refractivity contribution < 1.29 is 9.53 Å². The Hall–Kier alpha value is -3.41. The molecule has 0 radical (unpaired) electrons. The minimum Gasteiger partial charge on any atom is -0.497 e. The highest BCUT2D eigenvalue weighted by atomic mass is 16.5. The van der Waals surface area contributed by atoms with Crippen LogP contribution in [0.1, 0.15) is 34.5 Å². The number of fused-ring (bicyclic) bond motifs is 1. The van der Waals surface area contributed by atoms with Crippen molar-refractivity contribution in [1.29, 1.82) is 0 Å². The summed E-state index contributed by atoms with van der Waals surface area (Å²) in [6, 6.07) is 15.4. The van der Waals surface area contributed by atoms with Crippen molar-refractivity contribution in [3.8, 4) is 5.75 Å². The van der Waals surface area contributed by atoms with Crippen LogP contribution in [-0.4, -0.2) is 27.9 Å². The van der Waals surface area contributed by atoms with Crippen LogP contribution in [0.25, 0.3) is 0 Å². The zero-order chi connectivity index (χ0) is 18.8. The van der Waals surface area contributed by atoms with Crippen LogP contribution in [0, 0.1) is 0 Å². The van der Waals surface area contributed by atoms with E-state index in [0.29, 0.717) is 6.54 Å². The molecule has 0 bridgehead atoms. The van der Waals surface area contributed by atoms with Crippen molar-refractivity contribution in [2.24, 2.45) is 0 Å². The first-order valence-corrected chi connectivity index (χ1v) is 8.76. The summed E-state index contributed by atoms with van der Waals surface area (Å²) < 4.78 is 5.20. The fourth-order valence-corrected chi connectivity index (χ4v) is 3.33. The van der Waals surface area contributed by atoms with E-state index in [0.717, 1.165) is 33.9 Å². The fraction of sp³-hybridized carbons (Fsp3) is 0.190. The van der Waals surface area contributed by atoms with E-state index in [1.807, 2.05) is 47.4 Å². The smallest absolute Gasteiger partial charge is 0.255 e. The van der Waals surface area contributed by atoms with E-state index in [4.69, 9.17) is 4.74 Å². The van der Waals surface area contributed by atoms with Crippen molar-refractivity contribution in [2.75, 3.05) is 12.4 Å². The maximum absolute atomic E-state index is 12.9. The number of aromatic nitrogens is 2. The molecule has 0 spiro atoms. The largest absolute Gasteiger partial charge is 0.497 e. The fourth-order valence-electron chi connectivity index (χ4n) is 3.33. The predicted octanol–water partition coefficient (Wildman–Crippen LogP) is 3.95. The molecule has 1 N–H and O–H groups in total. The molecule has 1 aliphatic rings. The Kier molecular flexibility index (Phi) is 4.46. The Bertz CT molecular complexity index is 958. The standard InChI is InChI=1S/C21H20N4O2/c1-14-19-11-16(24-20-9-10-22-13-23-20)5-8-18(19)21(26)25(14)12-15-3-6-17(27-2)7-4-15/h3-11,13-14H,12H2,1-2H3,(H,22,23,24). The number of carbonyl (C=O) groups excluding carboxylic acids is 1. The van der Waals surface area contributed by atoms with Crippen LogP contribution in [0.4, 0.5) is 11.5 Å². The lowest BCUT2D eigenvalue weighted by Gasteiger charge is -2.22. The van der Waals surface area contributed by atoms with Crippen molar-refractivity contribution in [2.45, 2.75) is 19.5 Å². The van der Waals surface area contributed by atoms with E-state index in [1.165, 1.54) is 6.33 Å². The number of benzene rings is 2. The average molecular weight is 360 g/mol. The van der Waals surface area contributed by atoms with Gasteiger partial charge in [-0.2, -0.15) is 0 Å². The number of nitrogens with one attached hydrogen (secondary N) is 1. The number of hydrogen-bond acceptors (Lipinski definition) is 5. The highest BCUT2D eigenvalue weighted by molar-refractivity contribution is 5.99. The summed E-state index contributed by atoms with van der Waals surface area (Å²) in [4.78, 5) is 22.8. The minimum absolute atomic E-state index is 0.00162. The van der Waals surface area contributed by atoms with E-state index in [-0.39, 0.29) is 11.9 Å². The number of hydrogen-bond donors (Lipinski definition) is 1. The first-order valence-electron chi connectivity index (χ1n) is 8.76. The molecule has 0 saturated heterocycles. The third-order valence-corrected chi connectivity index (χ3v) is 4.83. The van der Waals surface area contributed by atoms with Crippen LogP contribution in [-0.2, 0) is 6.54 Å². The summed E-state index contributed by atoms with van der Waals surface area (Å²) >= 11 is 0. The lowest BCUT2D eigenvalue weighted by molar-refractivity contribution is 0.0723. The molecule has 0 fully saturated rings. The second kappa shape index (κ2) is 7.07. The van der Waals surface area contributed by atoms with Gasteiger partial charge in [0, 0.05) is 24.0 Å². The summed E-state index contributed by atoms with van der Waals surface area (Å²) in [5.74, 6) is 1.59. The van der Waals surface area contributed by atoms with Gasteiger partial charge in [-0.3, -0.25) is 4.79 Å². The molecule has 4 rings (SSSR count). The summed E-state index contributed by atoms with van der Waals surface area (Å²) in [7, 11) is 1.64. The van der Waals surface area contributed by atoms with Gasteiger partial charge in [0.15, 0.2) is 0 Å². The summed E-state index contributed by atoms with van der Waals surface area (Å²) in [6.45, 7) is 2.62. The summed E-state index contributed by atoms with van der Waals surface area (Å²) in [5, 5.41) is 3.25. The van der Waals surface area contributed by atoms with E-state index in [9.17, 15) is 4.79 Å². The highest BCUT2D eigenvalue weighted by Gasteiger charge is 2.33. The van der Waals surface area contributed by atoms with Gasteiger partial charge in [0.05, 0.1) is 13.2 Å². The maximum atomic E-state index is 12.9. The monoisotopic (exact) mass is 360 g/mol. The third kappa shape index (κ3) is 3.33. The first-order chi connectivity index (χ1) is 13.2. The molecule has 2 aromatic carbocycles. The van der Waals surface area contributed by atoms with Crippen molar-refractivity contribution in [3.63, 3.8) is 0 Å². The van der Waals surface area contributed by atoms with Crippen molar-refractivity contribution in [3.05, 3.63) is 77.7 Å². The number of amides is 1. The molecule has 136 valence electrons. The molecule has 0 saturated carbocycles. The molecule has 6 heteroatoms. The SMILES string of the molecule is COc1ccc(CN2C(=O)c3ccc(Nc4ccncn4)cc3C2C)cc1. The number of nitrogens with zero attached hydrogens (tertiary/aromatic N) is 3. The Labute approximate surface area is 157 Å². The molecule has 1 unspecified atom stereocenters. The van der Waals surface area contributed by atoms with Crippen molar-refractivity contribution in [1.82, 2.24) is 14.9 Å². The maximum Gasteiger partial charge on any atom is 0.255 e. The second-order valence-electron chi connectivity index (χ2n) is 6.48. The zero-order valence-corrected chi connectivity index (χ0v) is 15.2. The lowest BCUT2D eigenvalue weighted by Crippen LogP contribution is -2.26. The zero-order valence-electron chi connectivity index (χ0n) is 15.2. The van der Waals surface area contributed by atoms with Gasteiger partial charge in [-0.15, -0.1) is 0 Å². The molecule has 27 heavy (non-hydrogen) atoms. The van der Waals surface area contributed by atoms with E-state index >= 15 is 0 Å². The molecule has 3 aromatic rings. The molecule has 1 amide bonds. The third-order valence-electron chi connectivity index (χ3n) is 4.83. The lowest BCUT2D eigenvalue weighted by atomic mass is 10.0. The molecule has 6 nitrogen and oxygen atoms in total. The Morgan fingerprint density at radius 3 is 2.67 bits per heavy atom. The van der Waals surface area contributed by atoms with Gasteiger partial charge in [-0.25, -0.2) is 9.97 Å². The number of anilines is 2. The number of ether oxygens (including phenoxy) is 1.